The molecule has 0 radical (unpaired) electrons. The van der Waals surface area contributed by atoms with Crippen LogP contribution in [0.3, 0.4) is 0 Å². The average Bonchev–Trinajstić information content (AvgIpc) is 2.87. The van der Waals surface area contributed by atoms with E-state index in [4.69, 9.17) is 4.74 Å². The van der Waals surface area contributed by atoms with E-state index in [1.54, 1.807) is 13.8 Å². The molecule has 0 aromatic rings. The van der Waals surface area contributed by atoms with Crippen molar-refractivity contribution in [3.05, 3.63) is 11.6 Å². The zero-order valence-corrected chi connectivity index (χ0v) is 12.3. The number of esters is 1. The van der Waals surface area contributed by atoms with Crippen molar-refractivity contribution in [2.24, 2.45) is 16.7 Å². The third-order valence-electron chi connectivity index (χ3n) is 6.33. The monoisotopic (exact) mass is 307 g/mol. The number of allylic oxidation sites excluding steroid dienone is 1. The Hall–Kier alpha value is -1.73. The van der Waals surface area contributed by atoms with Crippen molar-refractivity contribution in [2.75, 3.05) is 6.54 Å². The fourth-order valence-corrected chi connectivity index (χ4v) is 4.92. The maximum atomic E-state index is 12.3. The van der Waals surface area contributed by atoms with Gasteiger partial charge in [-0.2, -0.15) is 0 Å². The van der Waals surface area contributed by atoms with Crippen molar-refractivity contribution in [3.8, 4) is 0 Å². The zero-order chi connectivity index (χ0) is 16.1. The number of rotatable bonds is 0. The van der Waals surface area contributed by atoms with Crippen LogP contribution in [0.1, 0.15) is 20.3 Å². The molecule has 4 rings (SSSR count). The highest BCUT2D eigenvalue weighted by molar-refractivity contribution is 6.01. The van der Waals surface area contributed by atoms with Crippen molar-refractivity contribution >= 4 is 17.7 Å². The number of nitrogens with one attached hydrogen (secondary N) is 1. The van der Waals surface area contributed by atoms with Gasteiger partial charge in [0.2, 0.25) is 0 Å². The summed E-state index contributed by atoms with van der Waals surface area (Å²) < 4.78 is 5.17. The first-order valence-electron chi connectivity index (χ1n) is 7.35. The van der Waals surface area contributed by atoms with E-state index >= 15 is 0 Å². The maximum Gasteiger partial charge on any atom is 0.336 e. The van der Waals surface area contributed by atoms with Crippen molar-refractivity contribution in [3.63, 3.8) is 0 Å². The molecule has 4 aliphatic rings. The van der Waals surface area contributed by atoms with Crippen molar-refractivity contribution in [2.45, 2.75) is 38.1 Å². The summed E-state index contributed by atoms with van der Waals surface area (Å²) in [7, 11) is 0. The molecule has 2 bridgehead atoms. The number of aliphatic hydroxyl groups excluding tert-OH is 1. The van der Waals surface area contributed by atoms with Crippen LogP contribution < -0.4 is 5.32 Å². The van der Waals surface area contributed by atoms with Crippen LogP contribution in [-0.4, -0.2) is 52.2 Å². The molecule has 1 amide bonds. The number of hydrogen-bond donors (Lipinski definition) is 3. The van der Waals surface area contributed by atoms with Crippen LogP contribution in [-0.2, 0) is 19.1 Å². The molecule has 2 aliphatic carbocycles. The van der Waals surface area contributed by atoms with E-state index in [2.05, 4.69) is 5.32 Å². The summed E-state index contributed by atoms with van der Waals surface area (Å²) in [6.07, 6.45) is -1.07. The Morgan fingerprint density at radius 3 is 2.73 bits per heavy atom. The Bertz CT molecular complexity index is 671. The number of ketones is 1. The molecule has 0 aromatic heterocycles. The van der Waals surface area contributed by atoms with Crippen LogP contribution in [0.2, 0.25) is 0 Å². The van der Waals surface area contributed by atoms with Gasteiger partial charge in [-0.25, -0.2) is 4.79 Å². The second-order valence-corrected chi connectivity index (χ2v) is 7.04. The molecule has 2 aliphatic heterocycles. The van der Waals surface area contributed by atoms with Crippen molar-refractivity contribution < 1.29 is 29.3 Å². The normalized spacial score (nSPS) is 52.6. The van der Waals surface area contributed by atoms with Gasteiger partial charge in [0.1, 0.15) is 6.10 Å². The molecule has 1 saturated carbocycles. The highest BCUT2D eigenvalue weighted by Crippen LogP contribution is 2.66. The minimum Gasteiger partial charge on any atom is -0.457 e. The Morgan fingerprint density at radius 1 is 1.36 bits per heavy atom. The van der Waals surface area contributed by atoms with E-state index in [1.807, 2.05) is 0 Å². The summed E-state index contributed by atoms with van der Waals surface area (Å²) in [5.41, 5.74) is -3.61. The molecule has 3 fully saturated rings. The molecule has 0 aromatic carbocycles. The third-order valence-corrected chi connectivity index (χ3v) is 6.33. The molecule has 118 valence electrons. The van der Waals surface area contributed by atoms with Crippen LogP contribution in [0.15, 0.2) is 11.6 Å². The summed E-state index contributed by atoms with van der Waals surface area (Å²) in [6, 6.07) is 0. The Balaban J connectivity index is 2.02. The van der Waals surface area contributed by atoms with Crippen LogP contribution in [0.4, 0.5) is 0 Å². The zero-order valence-electron chi connectivity index (χ0n) is 12.3. The van der Waals surface area contributed by atoms with Gasteiger partial charge in [-0.15, -0.1) is 0 Å². The number of fused-ring (bicyclic) bond motifs is 4. The van der Waals surface area contributed by atoms with Gasteiger partial charge in [0.15, 0.2) is 17.5 Å². The van der Waals surface area contributed by atoms with E-state index in [1.165, 1.54) is 6.08 Å². The van der Waals surface area contributed by atoms with Gasteiger partial charge in [0.05, 0.1) is 0 Å². The van der Waals surface area contributed by atoms with E-state index in [0.29, 0.717) is 5.57 Å². The molecule has 3 N–H and O–H groups in total. The maximum absolute atomic E-state index is 12.3. The van der Waals surface area contributed by atoms with E-state index in [-0.39, 0.29) is 18.7 Å². The number of hydrogen-bond acceptors (Lipinski definition) is 6. The smallest absolute Gasteiger partial charge is 0.336 e. The molecule has 1 spiro atoms. The lowest BCUT2D eigenvalue weighted by Crippen LogP contribution is -2.71. The summed E-state index contributed by atoms with van der Waals surface area (Å²) in [4.78, 5) is 36.6. The summed E-state index contributed by atoms with van der Waals surface area (Å²) >= 11 is 0. The lowest BCUT2D eigenvalue weighted by atomic mass is 9.49. The first-order chi connectivity index (χ1) is 10.2. The second-order valence-electron chi connectivity index (χ2n) is 7.04. The molecule has 2 heterocycles. The second kappa shape index (κ2) is 3.60. The Morgan fingerprint density at radius 2 is 2.05 bits per heavy atom. The molecular weight excluding hydrogens is 290 g/mol. The first kappa shape index (κ1) is 13.9. The lowest BCUT2D eigenvalue weighted by molar-refractivity contribution is -0.231. The number of carbonyl (C=O) groups excluding carboxylic acids is 3. The first-order valence-corrected chi connectivity index (χ1v) is 7.35. The fraction of sp³-hybridized carbons (Fsp3) is 0.667. The lowest BCUT2D eigenvalue weighted by Gasteiger charge is -2.58. The van der Waals surface area contributed by atoms with Gasteiger partial charge < -0.3 is 20.3 Å². The topological polar surface area (TPSA) is 113 Å². The quantitative estimate of drug-likeness (QED) is 0.478. The molecule has 22 heavy (non-hydrogen) atoms. The molecule has 2 saturated heterocycles. The Labute approximate surface area is 126 Å². The Kier molecular flexibility index (Phi) is 2.27. The van der Waals surface area contributed by atoms with Crippen LogP contribution >= 0.6 is 0 Å². The van der Waals surface area contributed by atoms with E-state index in [0.717, 1.165) is 0 Å². The standard InChI is InChI=1S/C15H17NO6/c1-6-7(17)3-8-13(2)5-16-12(20)15(13,21)9-4-14(6,8)10(18)11(19)22-9/h3,6,9-10,18,21H,4-5H2,1-2H3,(H,16,20)/t6-,9+,10+,13-,14+,15+/m0/s1. The van der Waals surface area contributed by atoms with Crippen LogP contribution in [0, 0.1) is 16.7 Å². The minimum absolute atomic E-state index is 0.0676. The molecule has 7 nitrogen and oxygen atoms in total. The SMILES string of the molecule is C[C@H]1C(=O)C=C2[C@@]13C[C@@H](OC(=O)[C@H]3O)[C@@]1(O)C(=O)NC[C@@]21C. The molecule has 7 heteroatoms. The fourth-order valence-electron chi connectivity index (χ4n) is 4.92. The average molecular weight is 307 g/mol. The van der Waals surface area contributed by atoms with E-state index < -0.39 is 46.4 Å². The predicted molar refractivity (Wildman–Crippen MR) is 71.3 cm³/mol. The molecule has 6 atom stereocenters. The van der Waals surface area contributed by atoms with Gasteiger partial charge in [-0.1, -0.05) is 13.8 Å². The summed E-state index contributed by atoms with van der Waals surface area (Å²) in [5.74, 6) is -2.29. The van der Waals surface area contributed by atoms with Gasteiger partial charge in [-0.3, -0.25) is 9.59 Å². The molecule has 0 unspecified atom stereocenters. The van der Waals surface area contributed by atoms with Crippen molar-refractivity contribution in [1.29, 1.82) is 0 Å². The number of ether oxygens (including phenoxy) is 1. The third kappa shape index (κ3) is 1.10. The van der Waals surface area contributed by atoms with Crippen molar-refractivity contribution in [1.82, 2.24) is 5.32 Å². The number of carbonyl (C=O) groups is 3. The van der Waals surface area contributed by atoms with Gasteiger partial charge in [0.25, 0.3) is 5.91 Å². The summed E-state index contributed by atoms with van der Waals surface area (Å²) in [6.45, 7) is 3.48. The van der Waals surface area contributed by atoms with Gasteiger partial charge in [0, 0.05) is 29.7 Å². The van der Waals surface area contributed by atoms with Gasteiger partial charge in [-0.05, 0) is 11.6 Å². The largest absolute Gasteiger partial charge is 0.457 e. The predicted octanol–water partition coefficient (Wildman–Crippen LogP) is -1.32. The highest BCUT2D eigenvalue weighted by Gasteiger charge is 2.77. The summed E-state index contributed by atoms with van der Waals surface area (Å²) in [5, 5.41) is 24.1. The van der Waals surface area contributed by atoms with Crippen LogP contribution in [0.5, 0.6) is 0 Å². The van der Waals surface area contributed by atoms with Crippen LogP contribution in [0.25, 0.3) is 0 Å². The van der Waals surface area contributed by atoms with E-state index in [9.17, 15) is 24.6 Å². The minimum atomic E-state index is -1.91. The molecular formula is C15H17NO6. The number of aliphatic hydroxyl groups is 2. The number of amides is 1. The highest BCUT2D eigenvalue weighted by atomic mass is 16.6. The van der Waals surface area contributed by atoms with Gasteiger partial charge >= 0.3 is 5.97 Å².